The van der Waals surface area contributed by atoms with Crippen LogP contribution in [0.3, 0.4) is 0 Å². The number of hydrogen-bond acceptors (Lipinski definition) is 7. The summed E-state index contributed by atoms with van der Waals surface area (Å²) in [6.45, 7) is 0.672. The van der Waals surface area contributed by atoms with Gasteiger partial charge in [0.2, 0.25) is 17.8 Å². The zero-order valence-electron chi connectivity index (χ0n) is 16.2. The smallest absolute Gasteiger partial charge is 0.409 e. The van der Waals surface area contributed by atoms with E-state index < -0.39 is 18.0 Å². The number of amides is 1. The third-order valence-corrected chi connectivity index (χ3v) is 5.09. The normalized spacial score (nSPS) is 19.3. The Morgan fingerprint density at radius 2 is 2.00 bits per heavy atom. The van der Waals surface area contributed by atoms with E-state index in [0.29, 0.717) is 31.7 Å². The maximum absolute atomic E-state index is 13.4. The number of aromatic nitrogens is 4. The number of likely N-dealkylation sites (tertiary alicyclic amines) is 1. The van der Waals surface area contributed by atoms with Crippen molar-refractivity contribution in [2.24, 2.45) is 0 Å². The van der Waals surface area contributed by atoms with Crippen LogP contribution in [-0.4, -0.2) is 69.0 Å². The molecule has 0 unspecified atom stereocenters. The Bertz CT molecular complexity index is 908. The van der Waals surface area contributed by atoms with Crippen LogP contribution >= 0.6 is 0 Å². The fraction of sp³-hybridized carbons (Fsp3) is 0.556. The van der Waals surface area contributed by atoms with Gasteiger partial charge in [0.15, 0.2) is 0 Å². The molecule has 30 heavy (non-hydrogen) atoms. The molecule has 12 heteroatoms. The third-order valence-electron chi connectivity index (χ3n) is 5.09. The maximum atomic E-state index is 13.4. The lowest BCUT2D eigenvalue weighted by Gasteiger charge is -2.37. The van der Waals surface area contributed by atoms with Crippen molar-refractivity contribution in [2.45, 2.75) is 43.8 Å². The van der Waals surface area contributed by atoms with Gasteiger partial charge in [-0.25, -0.2) is 18.3 Å². The molecular weight excluding hydrogens is 405 g/mol. The second-order valence-electron chi connectivity index (χ2n) is 7.36. The van der Waals surface area contributed by atoms with Crippen LogP contribution < -0.4 is 10.1 Å². The van der Waals surface area contributed by atoms with E-state index in [2.05, 4.69) is 25.1 Å². The summed E-state index contributed by atoms with van der Waals surface area (Å²) in [4.78, 5) is 21.5. The fourth-order valence-electron chi connectivity index (χ4n) is 3.42. The number of anilines is 1. The van der Waals surface area contributed by atoms with Gasteiger partial charge in [-0.2, -0.15) is 14.4 Å². The number of hydrogen-bond donors (Lipinski definition) is 1. The van der Waals surface area contributed by atoms with E-state index in [1.807, 2.05) is 0 Å². The van der Waals surface area contributed by atoms with E-state index in [1.165, 1.54) is 18.2 Å². The highest BCUT2D eigenvalue weighted by molar-refractivity contribution is 5.68. The molecule has 3 heterocycles. The first kappa shape index (κ1) is 20.2. The molecule has 4 rings (SSSR count). The molecule has 0 bridgehead atoms. The average Bonchev–Trinajstić information content (AvgIpc) is 3.12. The molecule has 0 aromatic carbocycles. The van der Waals surface area contributed by atoms with Crippen molar-refractivity contribution in [1.29, 1.82) is 0 Å². The molecule has 2 aromatic rings. The van der Waals surface area contributed by atoms with Gasteiger partial charge >= 0.3 is 6.09 Å². The molecule has 1 saturated carbocycles. The number of methoxy groups -OCH3 is 1. The summed E-state index contributed by atoms with van der Waals surface area (Å²) in [6.07, 6.45) is 0.848. The van der Waals surface area contributed by atoms with Gasteiger partial charge in [0, 0.05) is 37.2 Å². The molecule has 0 atom stereocenters. The van der Waals surface area contributed by atoms with Gasteiger partial charge in [-0.05, 0) is 12.8 Å². The predicted octanol–water partition coefficient (Wildman–Crippen LogP) is 2.62. The van der Waals surface area contributed by atoms with E-state index in [-0.39, 0.29) is 36.8 Å². The number of carbonyl (C=O) groups excluding carboxylic acids is 1. The van der Waals surface area contributed by atoms with Crippen LogP contribution in [0.15, 0.2) is 18.3 Å². The fourth-order valence-corrected chi connectivity index (χ4v) is 3.42. The second kappa shape index (κ2) is 8.00. The number of nitrogens with one attached hydrogen (secondary N) is 1. The molecular formula is C18H21F3N6O3. The molecule has 9 nitrogen and oxygen atoms in total. The zero-order chi connectivity index (χ0) is 21.3. The van der Waals surface area contributed by atoms with E-state index in [1.54, 1.807) is 6.07 Å². The quantitative estimate of drug-likeness (QED) is 0.785. The maximum Gasteiger partial charge on any atom is 0.409 e. The molecule has 0 radical (unpaired) electrons. The SMILES string of the molecule is COC(=O)N1CC(Oc2cc(NC3CCC(F)(F)CC3)nc(-n3ccc(F)n3)n2)C1. The summed E-state index contributed by atoms with van der Waals surface area (Å²) in [5.74, 6) is -2.68. The Kier molecular flexibility index (Phi) is 5.39. The summed E-state index contributed by atoms with van der Waals surface area (Å²) >= 11 is 0. The zero-order valence-corrected chi connectivity index (χ0v) is 16.2. The van der Waals surface area contributed by atoms with Crippen LogP contribution in [0.5, 0.6) is 5.88 Å². The molecule has 1 N–H and O–H groups in total. The first-order valence-electron chi connectivity index (χ1n) is 9.56. The van der Waals surface area contributed by atoms with E-state index >= 15 is 0 Å². The average molecular weight is 426 g/mol. The second-order valence-corrected chi connectivity index (χ2v) is 7.36. The monoisotopic (exact) mass is 426 g/mol. The van der Waals surface area contributed by atoms with Crippen LogP contribution in [0, 0.1) is 5.95 Å². The minimum atomic E-state index is -2.63. The largest absolute Gasteiger partial charge is 0.470 e. The van der Waals surface area contributed by atoms with Gasteiger partial charge in [0.1, 0.15) is 11.9 Å². The third kappa shape index (κ3) is 4.57. The van der Waals surface area contributed by atoms with Crippen molar-refractivity contribution >= 4 is 11.9 Å². The number of nitrogens with zero attached hydrogens (tertiary/aromatic N) is 5. The molecule has 1 saturated heterocycles. The topological polar surface area (TPSA) is 94.4 Å². The van der Waals surface area contributed by atoms with Gasteiger partial charge in [-0.3, -0.25) is 0 Å². The highest BCUT2D eigenvalue weighted by Gasteiger charge is 2.35. The Balaban J connectivity index is 1.49. The van der Waals surface area contributed by atoms with E-state index in [0.717, 1.165) is 10.7 Å². The van der Waals surface area contributed by atoms with E-state index in [4.69, 9.17) is 4.74 Å². The van der Waals surface area contributed by atoms with Crippen LogP contribution in [0.4, 0.5) is 23.8 Å². The van der Waals surface area contributed by atoms with Gasteiger partial charge in [-0.1, -0.05) is 0 Å². The van der Waals surface area contributed by atoms with Crippen molar-refractivity contribution in [1.82, 2.24) is 24.6 Å². The molecule has 1 aliphatic heterocycles. The van der Waals surface area contributed by atoms with Crippen LogP contribution in [0.1, 0.15) is 25.7 Å². The first-order valence-corrected chi connectivity index (χ1v) is 9.56. The predicted molar refractivity (Wildman–Crippen MR) is 98.3 cm³/mol. The van der Waals surface area contributed by atoms with Gasteiger partial charge in [-0.15, -0.1) is 5.10 Å². The standard InChI is InChI=1S/C18H21F3N6O3/c1-29-17(28)26-9-12(10-26)30-15-8-14(22-11-2-5-18(20,21)6-3-11)23-16(24-15)27-7-4-13(19)25-27/h4,7-8,11-12H,2-3,5-6,9-10H2,1H3,(H,22,23,24). The van der Waals surface area contributed by atoms with Crippen LogP contribution in [0.2, 0.25) is 0 Å². The molecule has 1 aliphatic carbocycles. The van der Waals surface area contributed by atoms with E-state index in [9.17, 15) is 18.0 Å². The summed E-state index contributed by atoms with van der Waals surface area (Å²) in [7, 11) is 1.30. The van der Waals surface area contributed by atoms with Crippen molar-refractivity contribution in [3.05, 3.63) is 24.3 Å². The molecule has 162 valence electrons. The first-order chi connectivity index (χ1) is 14.3. The Morgan fingerprint density at radius 1 is 1.27 bits per heavy atom. The highest BCUT2D eigenvalue weighted by Crippen LogP contribution is 2.34. The van der Waals surface area contributed by atoms with Gasteiger partial charge in [0.05, 0.1) is 20.2 Å². The van der Waals surface area contributed by atoms with Gasteiger partial charge in [0.25, 0.3) is 5.95 Å². The number of alkyl halides is 2. The number of halogens is 3. The lowest BCUT2D eigenvalue weighted by atomic mass is 9.92. The minimum Gasteiger partial charge on any atom is -0.470 e. The summed E-state index contributed by atoms with van der Waals surface area (Å²) in [5, 5.41) is 6.80. The summed E-state index contributed by atoms with van der Waals surface area (Å²) in [5.41, 5.74) is 0. The molecule has 0 spiro atoms. The minimum absolute atomic E-state index is 0.0733. The van der Waals surface area contributed by atoms with Crippen molar-refractivity contribution < 1.29 is 27.4 Å². The summed E-state index contributed by atoms with van der Waals surface area (Å²) in [6, 6.07) is 2.54. The molecule has 1 amide bonds. The molecule has 2 fully saturated rings. The lowest BCUT2D eigenvalue weighted by molar-refractivity contribution is -0.0361. The molecule has 2 aromatic heterocycles. The highest BCUT2D eigenvalue weighted by atomic mass is 19.3. The van der Waals surface area contributed by atoms with Crippen molar-refractivity contribution in [3.8, 4) is 11.8 Å². The Hall–Kier alpha value is -3.05. The Labute approximate surface area is 170 Å². The lowest BCUT2D eigenvalue weighted by Crippen LogP contribution is -2.56. The molecule has 2 aliphatic rings. The van der Waals surface area contributed by atoms with Crippen LogP contribution in [0.25, 0.3) is 5.95 Å². The Morgan fingerprint density at radius 3 is 2.63 bits per heavy atom. The number of rotatable bonds is 5. The summed E-state index contributed by atoms with van der Waals surface area (Å²) < 4.78 is 51.8. The number of ether oxygens (including phenoxy) is 2. The van der Waals surface area contributed by atoms with Crippen molar-refractivity contribution in [3.63, 3.8) is 0 Å². The van der Waals surface area contributed by atoms with Crippen LogP contribution in [-0.2, 0) is 4.74 Å². The number of carbonyl (C=O) groups is 1. The van der Waals surface area contributed by atoms with Crippen molar-refractivity contribution in [2.75, 3.05) is 25.5 Å². The van der Waals surface area contributed by atoms with Gasteiger partial charge < -0.3 is 19.7 Å².